The van der Waals surface area contributed by atoms with Crippen molar-refractivity contribution in [2.45, 2.75) is 26.4 Å². The van der Waals surface area contributed by atoms with Crippen LogP contribution in [0.3, 0.4) is 0 Å². The fourth-order valence-electron chi connectivity index (χ4n) is 2.21. The molecule has 1 atom stereocenters. The lowest BCUT2D eigenvalue weighted by Crippen LogP contribution is -2.35. The summed E-state index contributed by atoms with van der Waals surface area (Å²) >= 11 is 0. The summed E-state index contributed by atoms with van der Waals surface area (Å²) in [5, 5.41) is 2.81. The number of carbonyl (C=O) groups is 1. The van der Waals surface area contributed by atoms with Crippen molar-refractivity contribution in [3.05, 3.63) is 29.3 Å². The Hall–Kier alpha value is -1.84. The Balaban J connectivity index is 2.11. The third-order valence-corrected chi connectivity index (χ3v) is 3.23. The molecule has 0 spiro atoms. The molecule has 2 aliphatic heterocycles. The number of fused-ring (bicyclic) bond motifs is 2. The summed E-state index contributed by atoms with van der Waals surface area (Å²) < 4.78 is 0. The van der Waals surface area contributed by atoms with E-state index < -0.39 is 0 Å². The van der Waals surface area contributed by atoms with Gasteiger partial charge in [-0.25, -0.2) is 4.99 Å². The highest BCUT2D eigenvalue weighted by molar-refractivity contribution is 6.07. The second kappa shape index (κ2) is 3.07. The first-order chi connectivity index (χ1) is 7.66. The highest BCUT2D eigenvalue weighted by Gasteiger charge is 2.35. The van der Waals surface area contributed by atoms with Gasteiger partial charge in [-0.2, -0.15) is 0 Å². The molecule has 16 heavy (non-hydrogen) atoms. The molecule has 1 N–H and O–H groups in total. The first-order valence-corrected chi connectivity index (χ1v) is 5.41. The van der Waals surface area contributed by atoms with Crippen LogP contribution in [-0.2, 0) is 11.3 Å². The maximum atomic E-state index is 11.5. The summed E-state index contributed by atoms with van der Waals surface area (Å²) in [6.07, 6.45) is 0. The number of aryl methyl sites for hydroxylation is 1. The first-order valence-electron chi connectivity index (χ1n) is 5.41. The van der Waals surface area contributed by atoms with E-state index in [1.807, 2.05) is 30.9 Å². The summed E-state index contributed by atoms with van der Waals surface area (Å²) in [6.45, 7) is 4.70. The summed E-state index contributed by atoms with van der Waals surface area (Å²) in [5.41, 5.74) is 3.34. The number of carbonyl (C=O) groups excluding carboxylic acids is 1. The average Bonchev–Trinajstić information content (AvgIpc) is 2.54. The predicted molar refractivity (Wildman–Crippen MR) is 61.4 cm³/mol. The van der Waals surface area contributed by atoms with Crippen molar-refractivity contribution in [3.63, 3.8) is 0 Å². The second-order valence-electron chi connectivity index (χ2n) is 4.31. The van der Waals surface area contributed by atoms with Gasteiger partial charge in [0.2, 0.25) is 11.9 Å². The Morgan fingerprint density at radius 1 is 1.50 bits per heavy atom. The van der Waals surface area contributed by atoms with E-state index in [1.165, 1.54) is 5.56 Å². The molecule has 0 bridgehead atoms. The molecule has 1 aromatic carbocycles. The standard InChI is InChI=1S/C12H13N3O/c1-7-4-3-5-9-6-15-8(2)11(16)14-12(15)13-10(7)9/h3-5,8H,6H2,1-2H3,(H,13,14,16). The minimum atomic E-state index is -0.118. The molecule has 4 nitrogen and oxygen atoms in total. The van der Waals surface area contributed by atoms with E-state index in [9.17, 15) is 4.79 Å². The Labute approximate surface area is 94.0 Å². The molecular weight excluding hydrogens is 202 g/mol. The average molecular weight is 215 g/mol. The molecule has 1 fully saturated rings. The van der Waals surface area contributed by atoms with Gasteiger partial charge in [0.1, 0.15) is 6.04 Å². The lowest BCUT2D eigenvalue weighted by molar-refractivity contribution is -0.121. The van der Waals surface area contributed by atoms with E-state index in [0.717, 1.165) is 17.8 Å². The van der Waals surface area contributed by atoms with E-state index in [2.05, 4.69) is 16.4 Å². The predicted octanol–water partition coefficient (Wildman–Crippen LogP) is 1.32. The highest BCUT2D eigenvalue weighted by Crippen LogP contribution is 2.31. The number of benzene rings is 1. The van der Waals surface area contributed by atoms with Crippen LogP contribution in [0.1, 0.15) is 18.1 Å². The molecule has 82 valence electrons. The fourth-order valence-corrected chi connectivity index (χ4v) is 2.21. The van der Waals surface area contributed by atoms with Crippen LogP contribution in [0.4, 0.5) is 5.69 Å². The topological polar surface area (TPSA) is 44.7 Å². The van der Waals surface area contributed by atoms with Crippen LogP contribution in [0.2, 0.25) is 0 Å². The van der Waals surface area contributed by atoms with Crippen LogP contribution in [0.15, 0.2) is 23.2 Å². The van der Waals surface area contributed by atoms with E-state index in [-0.39, 0.29) is 11.9 Å². The van der Waals surface area contributed by atoms with Gasteiger partial charge < -0.3 is 4.90 Å². The summed E-state index contributed by atoms with van der Waals surface area (Å²) in [4.78, 5) is 18.1. The zero-order valence-corrected chi connectivity index (χ0v) is 9.32. The summed E-state index contributed by atoms with van der Waals surface area (Å²) in [5.74, 6) is 0.725. The number of hydrogen-bond acceptors (Lipinski definition) is 3. The monoisotopic (exact) mass is 215 g/mol. The van der Waals surface area contributed by atoms with Gasteiger partial charge in [0.15, 0.2) is 0 Å². The molecule has 1 amide bonds. The van der Waals surface area contributed by atoms with E-state index >= 15 is 0 Å². The van der Waals surface area contributed by atoms with Gasteiger partial charge in [0.25, 0.3) is 0 Å². The zero-order valence-electron chi connectivity index (χ0n) is 9.32. The van der Waals surface area contributed by atoms with Crippen LogP contribution in [0, 0.1) is 6.92 Å². The van der Waals surface area contributed by atoms with Crippen LogP contribution < -0.4 is 5.32 Å². The Morgan fingerprint density at radius 2 is 2.31 bits per heavy atom. The van der Waals surface area contributed by atoms with Crippen molar-refractivity contribution in [3.8, 4) is 0 Å². The molecule has 4 heteroatoms. The third-order valence-electron chi connectivity index (χ3n) is 3.23. The lowest BCUT2D eigenvalue weighted by Gasteiger charge is -2.26. The van der Waals surface area contributed by atoms with Gasteiger partial charge >= 0.3 is 0 Å². The zero-order chi connectivity index (χ0) is 11.3. The largest absolute Gasteiger partial charge is 0.326 e. The van der Waals surface area contributed by atoms with Crippen LogP contribution in [0.25, 0.3) is 0 Å². The van der Waals surface area contributed by atoms with E-state index in [0.29, 0.717) is 5.96 Å². The summed E-state index contributed by atoms with van der Waals surface area (Å²) in [7, 11) is 0. The highest BCUT2D eigenvalue weighted by atomic mass is 16.2. The number of hydrogen-bond donors (Lipinski definition) is 1. The van der Waals surface area contributed by atoms with E-state index in [4.69, 9.17) is 0 Å². The molecule has 0 saturated carbocycles. The van der Waals surface area contributed by atoms with Gasteiger partial charge in [-0.1, -0.05) is 18.2 Å². The molecular formula is C12H13N3O. The molecule has 1 saturated heterocycles. The quantitative estimate of drug-likeness (QED) is 0.709. The number of rotatable bonds is 0. The number of amides is 1. The SMILES string of the molecule is Cc1cccc2c1N=C1NC(=O)C(C)N1C2. The molecule has 0 aliphatic carbocycles. The molecule has 0 aromatic heterocycles. The Kier molecular flexibility index (Phi) is 1.80. The van der Waals surface area contributed by atoms with Crippen molar-refractivity contribution in [1.29, 1.82) is 0 Å². The van der Waals surface area contributed by atoms with Crippen LogP contribution in [-0.4, -0.2) is 22.8 Å². The maximum absolute atomic E-state index is 11.5. The number of guanidine groups is 1. The Morgan fingerprint density at radius 3 is 3.12 bits per heavy atom. The molecule has 2 aliphatic rings. The number of para-hydroxylation sites is 1. The third kappa shape index (κ3) is 1.16. The van der Waals surface area contributed by atoms with Crippen molar-refractivity contribution >= 4 is 17.6 Å². The van der Waals surface area contributed by atoms with Gasteiger partial charge in [-0.05, 0) is 25.0 Å². The maximum Gasteiger partial charge on any atom is 0.249 e. The van der Waals surface area contributed by atoms with Crippen LogP contribution >= 0.6 is 0 Å². The molecule has 3 rings (SSSR count). The first kappa shape index (κ1) is 9.39. The van der Waals surface area contributed by atoms with Crippen molar-refractivity contribution < 1.29 is 4.79 Å². The van der Waals surface area contributed by atoms with Gasteiger partial charge in [0, 0.05) is 6.54 Å². The Bertz CT molecular complexity index is 507. The smallest absolute Gasteiger partial charge is 0.249 e. The minimum Gasteiger partial charge on any atom is -0.326 e. The second-order valence-corrected chi connectivity index (χ2v) is 4.31. The normalized spacial score (nSPS) is 22.4. The molecule has 1 aromatic rings. The van der Waals surface area contributed by atoms with Crippen molar-refractivity contribution in [1.82, 2.24) is 10.2 Å². The van der Waals surface area contributed by atoms with E-state index in [1.54, 1.807) is 0 Å². The lowest BCUT2D eigenvalue weighted by atomic mass is 10.1. The van der Waals surface area contributed by atoms with Gasteiger partial charge in [-0.15, -0.1) is 0 Å². The van der Waals surface area contributed by atoms with Crippen molar-refractivity contribution in [2.75, 3.05) is 0 Å². The van der Waals surface area contributed by atoms with Crippen molar-refractivity contribution in [2.24, 2.45) is 4.99 Å². The minimum absolute atomic E-state index is 0.0317. The molecule has 0 radical (unpaired) electrons. The number of nitrogens with zero attached hydrogens (tertiary/aromatic N) is 2. The number of aliphatic imine (C=N–C) groups is 1. The van der Waals surface area contributed by atoms with Gasteiger partial charge in [0.05, 0.1) is 5.69 Å². The van der Waals surface area contributed by atoms with Gasteiger partial charge in [-0.3, -0.25) is 10.1 Å². The summed E-state index contributed by atoms with van der Waals surface area (Å²) in [6, 6.07) is 6.02. The van der Waals surface area contributed by atoms with Crippen LogP contribution in [0.5, 0.6) is 0 Å². The molecule has 1 unspecified atom stereocenters. The fraction of sp³-hybridized carbons (Fsp3) is 0.333. The number of nitrogens with one attached hydrogen (secondary N) is 1. The molecule has 2 heterocycles.